The van der Waals surface area contributed by atoms with Gasteiger partial charge >= 0.3 is 0 Å². The third kappa shape index (κ3) is 4.03. The molecule has 1 saturated heterocycles. The number of nitrogens with zero attached hydrogens (tertiary/aromatic N) is 2. The largest absolute Gasteiger partial charge is 0.352 e. The molecule has 21 heavy (non-hydrogen) atoms. The van der Waals surface area contributed by atoms with Crippen molar-refractivity contribution < 1.29 is 8.42 Å². The van der Waals surface area contributed by atoms with Crippen molar-refractivity contribution in [1.29, 1.82) is 0 Å². The van der Waals surface area contributed by atoms with Gasteiger partial charge in [0, 0.05) is 49.6 Å². The van der Waals surface area contributed by atoms with Gasteiger partial charge in [0.2, 0.25) is 10.0 Å². The van der Waals surface area contributed by atoms with Gasteiger partial charge in [0.15, 0.2) is 0 Å². The Balaban J connectivity index is 2.14. The van der Waals surface area contributed by atoms with E-state index in [0.29, 0.717) is 29.8 Å². The van der Waals surface area contributed by atoms with Gasteiger partial charge in [0.1, 0.15) is 4.90 Å². The average molecular weight is 332 g/mol. The van der Waals surface area contributed by atoms with Crippen LogP contribution < -0.4 is 5.32 Å². The molecule has 0 bridgehead atoms. The highest BCUT2D eigenvalue weighted by Crippen LogP contribution is 2.25. The molecule has 7 heteroatoms. The summed E-state index contributed by atoms with van der Waals surface area (Å²) in [5.74, 6) is 0.873. The summed E-state index contributed by atoms with van der Waals surface area (Å²) in [6, 6.07) is 1.80. The SMILES string of the molecule is CCCNCc1cc(S(=O)(=O)N2CCSC(C)C2)cn1C. The molecule has 2 heterocycles. The molecule has 0 radical (unpaired) electrons. The van der Waals surface area contributed by atoms with Crippen molar-refractivity contribution in [1.82, 2.24) is 14.2 Å². The zero-order valence-corrected chi connectivity index (χ0v) is 14.6. The van der Waals surface area contributed by atoms with Gasteiger partial charge in [-0.3, -0.25) is 0 Å². The fourth-order valence-corrected chi connectivity index (χ4v) is 5.29. The highest BCUT2D eigenvalue weighted by atomic mass is 32.2. The van der Waals surface area contributed by atoms with E-state index in [1.54, 1.807) is 16.6 Å². The minimum atomic E-state index is -3.36. The molecule has 0 saturated carbocycles. The van der Waals surface area contributed by atoms with Crippen molar-refractivity contribution in [3.05, 3.63) is 18.0 Å². The molecule has 1 aliphatic rings. The lowest BCUT2D eigenvalue weighted by Crippen LogP contribution is -2.40. The molecular weight excluding hydrogens is 306 g/mol. The van der Waals surface area contributed by atoms with Crippen LogP contribution in [0.25, 0.3) is 0 Å². The molecule has 0 aromatic carbocycles. The van der Waals surface area contributed by atoms with Crippen LogP contribution in [0, 0.1) is 0 Å². The summed E-state index contributed by atoms with van der Waals surface area (Å²) < 4.78 is 28.9. The second-order valence-corrected chi connectivity index (χ2v) is 8.98. The lowest BCUT2D eigenvalue weighted by molar-refractivity contribution is 0.424. The van der Waals surface area contributed by atoms with Gasteiger partial charge in [-0.25, -0.2) is 8.42 Å². The molecule has 0 amide bonds. The first kappa shape index (κ1) is 16.9. The summed E-state index contributed by atoms with van der Waals surface area (Å²) >= 11 is 1.83. The van der Waals surface area contributed by atoms with Crippen LogP contribution in [0.15, 0.2) is 17.2 Å². The van der Waals surface area contributed by atoms with Crippen molar-refractivity contribution in [2.45, 2.75) is 37.0 Å². The van der Waals surface area contributed by atoms with Gasteiger partial charge < -0.3 is 9.88 Å². The van der Waals surface area contributed by atoms with Gasteiger partial charge in [0.25, 0.3) is 0 Å². The first-order valence-electron chi connectivity index (χ1n) is 7.43. The molecule has 1 N–H and O–H groups in total. The molecular formula is C14H25N3O2S2. The van der Waals surface area contributed by atoms with E-state index in [1.807, 2.05) is 23.4 Å². The summed E-state index contributed by atoms with van der Waals surface area (Å²) in [5, 5.41) is 3.67. The third-order valence-corrected chi connectivity index (χ3v) is 6.62. The Kier molecular flexibility index (Phi) is 5.76. The van der Waals surface area contributed by atoms with E-state index in [0.717, 1.165) is 24.4 Å². The molecule has 120 valence electrons. The van der Waals surface area contributed by atoms with Crippen LogP contribution >= 0.6 is 11.8 Å². The number of nitrogens with one attached hydrogen (secondary N) is 1. The molecule has 1 fully saturated rings. The summed E-state index contributed by atoms with van der Waals surface area (Å²) in [5.41, 5.74) is 1.00. The van der Waals surface area contributed by atoms with Crippen molar-refractivity contribution in [3.63, 3.8) is 0 Å². The zero-order valence-electron chi connectivity index (χ0n) is 13.0. The first-order chi connectivity index (χ1) is 9.95. The molecule has 1 unspecified atom stereocenters. The van der Waals surface area contributed by atoms with E-state index in [9.17, 15) is 8.42 Å². The van der Waals surface area contributed by atoms with Crippen LogP contribution in [0.5, 0.6) is 0 Å². The normalized spacial score (nSPS) is 20.8. The fraction of sp³-hybridized carbons (Fsp3) is 0.714. The van der Waals surface area contributed by atoms with Crippen LogP contribution in [-0.4, -0.2) is 47.9 Å². The highest BCUT2D eigenvalue weighted by Gasteiger charge is 2.30. The first-order valence-corrected chi connectivity index (χ1v) is 9.91. The Morgan fingerprint density at radius 1 is 1.48 bits per heavy atom. The molecule has 2 rings (SSSR count). The minimum Gasteiger partial charge on any atom is -0.352 e. The van der Waals surface area contributed by atoms with Crippen LogP contribution in [0.3, 0.4) is 0 Å². The predicted octanol–water partition coefficient (Wildman–Crippen LogP) is 1.65. The lowest BCUT2D eigenvalue weighted by Gasteiger charge is -2.29. The molecule has 1 aromatic rings. The Labute approximate surface area is 132 Å². The maximum absolute atomic E-state index is 12.7. The second kappa shape index (κ2) is 7.17. The van der Waals surface area contributed by atoms with Crippen LogP contribution in [0.1, 0.15) is 26.0 Å². The van der Waals surface area contributed by atoms with Crippen LogP contribution in [0.4, 0.5) is 0 Å². The van der Waals surface area contributed by atoms with Gasteiger partial charge in [-0.05, 0) is 19.0 Å². The molecule has 5 nitrogen and oxygen atoms in total. The van der Waals surface area contributed by atoms with Crippen molar-refractivity contribution in [2.75, 3.05) is 25.4 Å². The number of thioether (sulfide) groups is 1. The third-order valence-electron chi connectivity index (χ3n) is 3.66. The maximum atomic E-state index is 12.7. The summed E-state index contributed by atoms with van der Waals surface area (Å²) in [6.07, 6.45) is 2.80. The molecule has 1 atom stereocenters. The average Bonchev–Trinajstić information content (AvgIpc) is 2.81. The van der Waals surface area contributed by atoms with E-state index in [1.165, 1.54) is 0 Å². The zero-order chi connectivity index (χ0) is 15.5. The maximum Gasteiger partial charge on any atom is 0.244 e. The van der Waals surface area contributed by atoms with E-state index in [2.05, 4.69) is 19.2 Å². The Bertz CT molecular complexity index is 569. The van der Waals surface area contributed by atoms with E-state index in [4.69, 9.17) is 0 Å². The van der Waals surface area contributed by atoms with Crippen LogP contribution in [-0.2, 0) is 23.6 Å². The predicted molar refractivity (Wildman–Crippen MR) is 88.1 cm³/mol. The van der Waals surface area contributed by atoms with Gasteiger partial charge in [-0.15, -0.1) is 0 Å². The van der Waals surface area contributed by atoms with E-state index < -0.39 is 10.0 Å². The number of aryl methyl sites for hydroxylation is 1. The fourth-order valence-electron chi connectivity index (χ4n) is 2.44. The van der Waals surface area contributed by atoms with E-state index >= 15 is 0 Å². The summed E-state index contributed by atoms with van der Waals surface area (Å²) in [7, 11) is -1.46. The summed E-state index contributed by atoms with van der Waals surface area (Å²) in [6.45, 7) is 7.04. The molecule has 1 aliphatic heterocycles. The minimum absolute atomic E-state index is 0.364. The quantitative estimate of drug-likeness (QED) is 0.806. The summed E-state index contributed by atoms with van der Waals surface area (Å²) in [4.78, 5) is 0.414. The van der Waals surface area contributed by atoms with Crippen molar-refractivity contribution in [3.8, 4) is 0 Å². The molecule has 1 aromatic heterocycles. The standard InChI is InChI=1S/C14H25N3O2S2/c1-4-5-15-9-13-8-14(11-16(13)3)21(18,19)17-6-7-20-12(2)10-17/h8,11-12,15H,4-7,9-10H2,1-3H3. The lowest BCUT2D eigenvalue weighted by atomic mass is 10.4. The van der Waals surface area contributed by atoms with Gasteiger partial charge in [-0.2, -0.15) is 16.1 Å². The number of aromatic nitrogens is 1. The Hall–Kier alpha value is -0.500. The van der Waals surface area contributed by atoms with Crippen molar-refractivity contribution >= 4 is 21.8 Å². The van der Waals surface area contributed by atoms with Crippen LogP contribution in [0.2, 0.25) is 0 Å². The van der Waals surface area contributed by atoms with Crippen molar-refractivity contribution in [2.24, 2.45) is 7.05 Å². The smallest absolute Gasteiger partial charge is 0.244 e. The molecule has 0 spiro atoms. The number of rotatable bonds is 6. The number of hydrogen-bond donors (Lipinski definition) is 1. The monoisotopic (exact) mass is 331 g/mol. The molecule has 0 aliphatic carbocycles. The topological polar surface area (TPSA) is 54.3 Å². The Morgan fingerprint density at radius 3 is 2.90 bits per heavy atom. The van der Waals surface area contributed by atoms with E-state index in [-0.39, 0.29) is 0 Å². The Morgan fingerprint density at radius 2 is 2.24 bits per heavy atom. The highest BCUT2D eigenvalue weighted by molar-refractivity contribution is 8.00. The number of hydrogen-bond acceptors (Lipinski definition) is 4. The van der Waals surface area contributed by atoms with Gasteiger partial charge in [-0.1, -0.05) is 13.8 Å². The number of sulfonamides is 1. The van der Waals surface area contributed by atoms with Gasteiger partial charge in [0.05, 0.1) is 0 Å². The second-order valence-electron chi connectivity index (χ2n) is 5.50.